The SMILES string of the molecule is CC.CC.COc1ccc(C)nc1C. The van der Waals surface area contributed by atoms with E-state index in [1.165, 1.54) is 0 Å². The number of aromatic nitrogens is 1. The predicted molar refractivity (Wildman–Crippen MR) is 63.0 cm³/mol. The molecule has 0 N–H and O–H groups in total. The quantitative estimate of drug-likeness (QED) is 0.684. The van der Waals surface area contributed by atoms with Crippen molar-refractivity contribution in [1.29, 1.82) is 0 Å². The van der Waals surface area contributed by atoms with Crippen LogP contribution in [0, 0.1) is 13.8 Å². The highest BCUT2D eigenvalue weighted by Crippen LogP contribution is 2.13. The van der Waals surface area contributed by atoms with E-state index in [9.17, 15) is 0 Å². The summed E-state index contributed by atoms with van der Waals surface area (Å²) in [4.78, 5) is 4.22. The molecule has 0 atom stereocenters. The molecule has 0 fully saturated rings. The molecule has 2 nitrogen and oxygen atoms in total. The van der Waals surface area contributed by atoms with Crippen molar-refractivity contribution in [3.05, 3.63) is 23.5 Å². The number of pyridine rings is 1. The first kappa shape index (κ1) is 15.4. The zero-order valence-corrected chi connectivity index (χ0v) is 10.5. The van der Waals surface area contributed by atoms with Crippen molar-refractivity contribution in [3.8, 4) is 5.75 Å². The van der Waals surface area contributed by atoms with Gasteiger partial charge < -0.3 is 4.74 Å². The van der Waals surface area contributed by atoms with Gasteiger partial charge in [0.1, 0.15) is 5.75 Å². The van der Waals surface area contributed by atoms with Gasteiger partial charge in [-0.2, -0.15) is 0 Å². The van der Waals surface area contributed by atoms with Gasteiger partial charge in [-0.3, -0.25) is 4.98 Å². The van der Waals surface area contributed by atoms with E-state index in [0.29, 0.717) is 0 Å². The Morgan fingerprint density at radius 2 is 1.50 bits per heavy atom. The standard InChI is InChI=1S/C8H11NO.2C2H6/c1-6-4-5-8(10-3)7(2)9-6;2*1-2/h4-5H,1-3H3;2*1-2H3. The third-order valence-electron chi connectivity index (χ3n) is 1.40. The van der Waals surface area contributed by atoms with E-state index in [1.54, 1.807) is 7.11 Å². The van der Waals surface area contributed by atoms with E-state index in [1.807, 2.05) is 53.7 Å². The number of aryl methyl sites for hydroxylation is 2. The monoisotopic (exact) mass is 197 g/mol. The summed E-state index contributed by atoms with van der Waals surface area (Å²) in [5, 5.41) is 0. The van der Waals surface area contributed by atoms with Crippen LogP contribution in [-0.4, -0.2) is 12.1 Å². The van der Waals surface area contributed by atoms with Gasteiger partial charge in [-0.25, -0.2) is 0 Å². The lowest BCUT2D eigenvalue weighted by atomic mass is 10.3. The first-order valence-corrected chi connectivity index (χ1v) is 5.22. The summed E-state index contributed by atoms with van der Waals surface area (Å²) in [5.41, 5.74) is 1.97. The van der Waals surface area contributed by atoms with Crippen LogP contribution in [0.3, 0.4) is 0 Å². The highest BCUT2D eigenvalue weighted by molar-refractivity contribution is 5.27. The summed E-state index contributed by atoms with van der Waals surface area (Å²) in [6.07, 6.45) is 0. The van der Waals surface area contributed by atoms with Crippen LogP contribution < -0.4 is 4.74 Å². The number of rotatable bonds is 1. The lowest BCUT2D eigenvalue weighted by Gasteiger charge is -2.02. The zero-order valence-electron chi connectivity index (χ0n) is 10.5. The lowest BCUT2D eigenvalue weighted by Crippen LogP contribution is -1.91. The summed E-state index contributed by atoms with van der Waals surface area (Å²) >= 11 is 0. The van der Waals surface area contributed by atoms with Crippen LogP contribution in [0.15, 0.2) is 12.1 Å². The second kappa shape index (κ2) is 10.0. The average Bonchev–Trinajstić information content (AvgIpc) is 2.24. The van der Waals surface area contributed by atoms with Gasteiger partial charge >= 0.3 is 0 Å². The minimum atomic E-state index is 0.852. The molecule has 0 aliphatic rings. The highest BCUT2D eigenvalue weighted by atomic mass is 16.5. The van der Waals surface area contributed by atoms with Gasteiger partial charge in [0.15, 0.2) is 0 Å². The molecular weight excluding hydrogens is 174 g/mol. The molecule has 0 spiro atoms. The van der Waals surface area contributed by atoms with Crippen LogP contribution in [0.5, 0.6) is 5.75 Å². The molecule has 1 aromatic heterocycles. The second-order valence-corrected chi connectivity index (χ2v) is 2.24. The van der Waals surface area contributed by atoms with Gasteiger partial charge in [0.25, 0.3) is 0 Å². The van der Waals surface area contributed by atoms with Crippen molar-refractivity contribution in [1.82, 2.24) is 4.98 Å². The molecule has 0 saturated heterocycles. The third-order valence-corrected chi connectivity index (χ3v) is 1.40. The molecule has 1 rings (SSSR count). The fraction of sp³-hybridized carbons (Fsp3) is 0.583. The smallest absolute Gasteiger partial charge is 0.140 e. The van der Waals surface area contributed by atoms with E-state index in [4.69, 9.17) is 4.74 Å². The van der Waals surface area contributed by atoms with E-state index in [-0.39, 0.29) is 0 Å². The Morgan fingerprint density at radius 1 is 1.00 bits per heavy atom. The van der Waals surface area contributed by atoms with Crippen LogP contribution in [-0.2, 0) is 0 Å². The molecule has 0 aromatic carbocycles. The summed E-state index contributed by atoms with van der Waals surface area (Å²) in [6, 6.07) is 3.86. The van der Waals surface area contributed by atoms with Crippen molar-refractivity contribution in [2.75, 3.05) is 7.11 Å². The Kier molecular flexibility index (Phi) is 11.1. The normalized spacial score (nSPS) is 7.64. The molecule has 0 amide bonds. The predicted octanol–water partition coefficient (Wildman–Crippen LogP) is 3.76. The Hall–Kier alpha value is -1.05. The van der Waals surface area contributed by atoms with Gasteiger partial charge in [-0.15, -0.1) is 0 Å². The number of ether oxygens (including phenoxy) is 1. The van der Waals surface area contributed by atoms with E-state index in [0.717, 1.165) is 17.1 Å². The average molecular weight is 197 g/mol. The van der Waals surface area contributed by atoms with Gasteiger partial charge in [0.2, 0.25) is 0 Å². The van der Waals surface area contributed by atoms with Crippen LogP contribution in [0.25, 0.3) is 0 Å². The summed E-state index contributed by atoms with van der Waals surface area (Å²) in [7, 11) is 1.65. The van der Waals surface area contributed by atoms with E-state index < -0.39 is 0 Å². The molecule has 0 aliphatic carbocycles. The minimum absolute atomic E-state index is 0.852. The van der Waals surface area contributed by atoms with Crippen molar-refractivity contribution >= 4 is 0 Å². The highest BCUT2D eigenvalue weighted by Gasteiger charge is 1.96. The molecule has 0 aliphatic heterocycles. The summed E-state index contributed by atoms with van der Waals surface area (Å²) < 4.78 is 5.04. The molecule has 1 aromatic rings. The Bertz CT molecular complexity index is 234. The van der Waals surface area contributed by atoms with E-state index >= 15 is 0 Å². The van der Waals surface area contributed by atoms with Gasteiger partial charge in [-0.1, -0.05) is 27.7 Å². The van der Waals surface area contributed by atoms with Crippen LogP contribution in [0.1, 0.15) is 39.1 Å². The topological polar surface area (TPSA) is 22.1 Å². The fourth-order valence-electron chi connectivity index (χ4n) is 0.890. The van der Waals surface area contributed by atoms with Gasteiger partial charge in [-0.05, 0) is 26.0 Å². The number of nitrogens with zero attached hydrogens (tertiary/aromatic N) is 1. The van der Waals surface area contributed by atoms with Crippen molar-refractivity contribution in [2.45, 2.75) is 41.5 Å². The maximum atomic E-state index is 5.04. The second-order valence-electron chi connectivity index (χ2n) is 2.24. The molecule has 82 valence electrons. The van der Waals surface area contributed by atoms with Crippen LogP contribution in [0.4, 0.5) is 0 Å². The first-order chi connectivity index (χ1) is 6.74. The van der Waals surface area contributed by atoms with Crippen molar-refractivity contribution in [2.24, 2.45) is 0 Å². The maximum Gasteiger partial charge on any atom is 0.140 e. The summed E-state index contributed by atoms with van der Waals surface area (Å²) in [6.45, 7) is 11.9. The number of hydrogen-bond acceptors (Lipinski definition) is 2. The maximum absolute atomic E-state index is 5.04. The molecule has 0 saturated carbocycles. The van der Waals surface area contributed by atoms with Crippen molar-refractivity contribution in [3.63, 3.8) is 0 Å². The molecule has 0 radical (unpaired) electrons. The molecule has 1 heterocycles. The fourth-order valence-corrected chi connectivity index (χ4v) is 0.890. The zero-order chi connectivity index (χ0) is 11.6. The first-order valence-electron chi connectivity index (χ1n) is 5.22. The molecule has 14 heavy (non-hydrogen) atoms. The number of hydrogen-bond donors (Lipinski definition) is 0. The largest absolute Gasteiger partial charge is 0.495 e. The van der Waals surface area contributed by atoms with Crippen LogP contribution >= 0.6 is 0 Å². The lowest BCUT2D eigenvalue weighted by molar-refractivity contribution is 0.409. The van der Waals surface area contributed by atoms with E-state index in [2.05, 4.69) is 4.98 Å². The molecule has 0 unspecified atom stereocenters. The van der Waals surface area contributed by atoms with Gasteiger partial charge in [0, 0.05) is 5.69 Å². The number of methoxy groups -OCH3 is 1. The van der Waals surface area contributed by atoms with Crippen molar-refractivity contribution < 1.29 is 4.74 Å². The third kappa shape index (κ3) is 5.57. The minimum Gasteiger partial charge on any atom is -0.495 e. The molecule has 2 heteroatoms. The summed E-state index contributed by atoms with van der Waals surface area (Å²) in [5.74, 6) is 0.852. The Morgan fingerprint density at radius 3 is 1.86 bits per heavy atom. The van der Waals surface area contributed by atoms with Gasteiger partial charge in [0.05, 0.1) is 12.8 Å². The Labute approximate surface area is 88.3 Å². The molecule has 0 bridgehead atoms. The Balaban J connectivity index is 0. The van der Waals surface area contributed by atoms with Crippen LogP contribution in [0.2, 0.25) is 0 Å². The molecular formula is C12H23NO.